The Labute approximate surface area is 152 Å². The molecule has 4 nitrogen and oxygen atoms in total. The Kier molecular flexibility index (Phi) is 4.31. The molecule has 0 saturated heterocycles. The van der Waals surface area contributed by atoms with Gasteiger partial charge in [-0.25, -0.2) is 4.39 Å². The standard InChI is InChI=1S/C21H22FNO3/c1-25-19-9-8-18(22)15-10-11-23(12-17(15)19)21(24)16-7-6-13-4-3-5-14(13)20(16)26-2/h6-9H,3-5,10-12H2,1-2H3. The zero-order chi connectivity index (χ0) is 18.3. The molecule has 2 aliphatic rings. The number of carbonyl (C=O) groups is 1. The fourth-order valence-electron chi connectivity index (χ4n) is 4.17. The number of halogens is 1. The number of rotatable bonds is 3. The predicted octanol–water partition coefficient (Wildman–Crippen LogP) is 3.53. The van der Waals surface area contributed by atoms with E-state index in [9.17, 15) is 9.18 Å². The van der Waals surface area contributed by atoms with E-state index in [2.05, 4.69) is 0 Å². The van der Waals surface area contributed by atoms with Crippen LogP contribution in [0, 0.1) is 5.82 Å². The molecule has 0 atom stereocenters. The van der Waals surface area contributed by atoms with E-state index in [0.29, 0.717) is 42.1 Å². The van der Waals surface area contributed by atoms with Crippen molar-refractivity contribution in [2.45, 2.75) is 32.2 Å². The molecular weight excluding hydrogens is 333 g/mol. The summed E-state index contributed by atoms with van der Waals surface area (Å²) in [6.07, 6.45) is 3.56. The number of hydrogen-bond acceptors (Lipinski definition) is 3. The van der Waals surface area contributed by atoms with Crippen LogP contribution in [0.15, 0.2) is 24.3 Å². The molecule has 2 aromatic rings. The van der Waals surface area contributed by atoms with Crippen LogP contribution in [-0.4, -0.2) is 31.6 Å². The highest BCUT2D eigenvalue weighted by atomic mass is 19.1. The van der Waals surface area contributed by atoms with Gasteiger partial charge in [0, 0.05) is 18.7 Å². The van der Waals surface area contributed by atoms with Gasteiger partial charge in [-0.15, -0.1) is 0 Å². The zero-order valence-electron chi connectivity index (χ0n) is 15.1. The average molecular weight is 355 g/mol. The van der Waals surface area contributed by atoms with E-state index in [4.69, 9.17) is 9.47 Å². The minimum atomic E-state index is -0.233. The Morgan fingerprint density at radius 2 is 1.85 bits per heavy atom. The summed E-state index contributed by atoms with van der Waals surface area (Å²) >= 11 is 0. The van der Waals surface area contributed by atoms with Crippen molar-refractivity contribution in [3.05, 3.63) is 57.9 Å². The Balaban J connectivity index is 1.68. The van der Waals surface area contributed by atoms with Crippen molar-refractivity contribution in [2.75, 3.05) is 20.8 Å². The number of ether oxygens (including phenoxy) is 2. The first-order chi connectivity index (χ1) is 12.6. The van der Waals surface area contributed by atoms with Gasteiger partial charge < -0.3 is 14.4 Å². The van der Waals surface area contributed by atoms with Crippen LogP contribution in [0.1, 0.15) is 39.0 Å². The molecule has 1 aliphatic carbocycles. The molecule has 26 heavy (non-hydrogen) atoms. The first-order valence-electron chi connectivity index (χ1n) is 8.96. The predicted molar refractivity (Wildman–Crippen MR) is 96.4 cm³/mol. The molecule has 2 aromatic carbocycles. The van der Waals surface area contributed by atoms with E-state index < -0.39 is 0 Å². The highest BCUT2D eigenvalue weighted by molar-refractivity contribution is 5.97. The lowest BCUT2D eigenvalue weighted by Gasteiger charge is -2.30. The highest BCUT2D eigenvalue weighted by Crippen LogP contribution is 2.36. The molecular formula is C21H22FNO3. The number of methoxy groups -OCH3 is 2. The molecule has 0 radical (unpaired) electrons. The molecule has 136 valence electrons. The normalized spacial score (nSPS) is 15.4. The highest BCUT2D eigenvalue weighted by Gasteiger charge is 2.29. The number of benzene rings is 2. The van der Waals surface area contributed by atoms with Gasteiger partial charge in [0.15, 0.2) is 0 Å². The number of aryl methyl sites for hydroxylation is 1. The monoisotopic (exact) mass is 355 g/mol. The van der Waals surface area contributed by atoms with Gasteiger partial charge in [-0.2, -0.15) is 0 Å². The van der Waals surface area contributed by atoms with Crippen LogP contribution >= 0.6 is 0 Å². The fourth-order valence-corrected chi connectivity index (χ4v) is 4.17. The van der Waals surface area contributed by atoms with Crippen LogP contribution in [0.4, 0.5) is 4.39 Å². The molecule has 1 amide bonds. The maximum Gasteiger partial charge on any atom is 0.257 e. The molecule has 0 N–H and O–H groups in total. The topological polar surface area (TPSA) is 38.8 Å². The van der Waals surface area contributed by atoms with Crippen molar-refractivity contribution in [3.63, 3.8) is 0 Å². The summed E-state index contributed by atoms with van der Waals surface area (Å²) in [6.45, 7) is 0.825. The molecule has 1 heterocycles. The molecule has 0 bridgehead atoms. The third-order valence-corrected chi connectivity index (χ3v) is 5.48. The van der Waals surface area contributed by atoms with Gasteiger partial charge in [0.25, 0.3) is 5.91 Å². The van der Waals surface area contributed by atoms with E-state index in [1.165, 1.54) is 11.6 Å². The quantitative estimate of drug-likeness (QED) is 0.845. The van der Waals surface area contributed by atoms with E-state index >= 15 is 0 Å². The fraction of sp³-hybridized carbons (Fsp3) is 0.381. The van der Waals surface area contributed by atoms with Crippen LogP contribution in [0.5, 0.6) is 11.5 Å². The molecule has 0 aromatic heterocycles. The third-order valence-electron chi connectivity index (χ3n) is 5.48. The average Bonchev–Trinajstić information content (AvgIpc) is 3.15. The summed E-state index contributed by atoms with van der Waals surface area (Å²) in [5.74, 6) is 1.01. The van der Waals surface area contributed by atoms with Gasteiger partial charge in [0.1, 0.15) is 17.3 Å². The zero-order valence-corrected chi connectivity index (χ0v) is 15.1. The summed E-state index contributed by atoms with van der Waals surface area (Å²) in [5, 5.41) is 0. The molecule has 1 aliphatic heterocycles. The summed E-state index contributed by atoms with van der Waals surface area (Å²) in [4.78, 5) is 14.9. The lowest BCUT2D eigenvalue weighted by atomic mass is 9.96. The van der Waals surface area contributed by atoms with Crippen molar-refractivity contribution in [3.8, 4) is 11.5 Å². The van der Waals surface area contributed by atoms with Gasteiger partial charge in [0.05, 0.1) is 19.8 Å². The van der Waals surface area contributed by atoms with Gasteiger partial charge in [-0.3, -0.25) is 4.79 Å². The van der Waals surface area contributed by atoms with E-state index in [1.807, 2.05) is 12.1 Å². The van der Waals surface area contributed by atoms with Crippen molar-refractivity contribution in [2.24, 2.45) is 0 Å². The molecule has 0 saturated carbocycles. The lowest BCUT2D eigenvalue weighted by molar-refractivity contribution is 0.0728. The summed E-state index contributed by atoms with van der Waals surface area (Å²) in [5.41, 5.74) is 4.42. The second-order valence-electron chi connectivity index (χ2n) is 6.82. The minimum Gasteiger partial charge on any atom is -0.496 e. The molecule has 0 unspecified atom stereocenters. The lowest BCUT2D eigenvalue weighted by Crippen LogP contribution is -2.36. The van der Waals surface area contributed by atoms with Crippen LogP contribution in [-0.2, 0) is 25.8 Å². The molecule has 4 rings (SSSR count). The largest absolute Gasteiger partial charge is 0.496 e. The maximum absolute atomic E-state index is 14.1. The Hall–Kier alpha value is -2.56. The Morgan fingerprint density at radius 3 is 2.62 bits per heavy atom. The molecule has 0 fully saturated rings. The second kappa shape index (κ2) is 6.63. The van der Waals surface area contributed by atoms with E-state index in [-0.39, 0.29) is 11.7 Å². The van der Waals surface area contributed by atoms with Gasteiger partial charge in [-0.05, 0) is 60.6 Å². The van der Waals surface area contributed by atoms with Crippen molar-refractivity contribution in [1.29, 1.82) is 0 Å². The molecule has 5 heteroatoms. The van der Waals surface area contributed by atoms with Crippen LogP contribution < -0.4 is 9.47 Å². The number of hydrogen-bond donors (Lipinski definition) is 0. The van der Waals surface area contributed by atoms with Gasteiger partial charge >= 0.3 is 0 Å². The van der Waals surface area contributed by atoms with Crippen LogP contribution in [0.25, 0.3) is 0 Å². The Morgan fingerprint density at radius 1 is 1.00 bits per heavy atom. The number of nitrogens with zero attached hydrogens (tertiary/aromatic N) is 1. The first-order valence-corrected chi connectivity index (χ1v) is 8.96. The first kappa shape index (κ1) is 16.9. The third kappa shape index (κ3) is 2.62. The van der Waals surface area contributed by atoms with Crippen molar-refractivity contribution >= 4 is 5.91 Å². The number of carbonyl (C=O) groups excluding carboxylic acids is 1. The van der Waals surface area contributed by atoms with Crippen LogP contribution in [0.3, 0.4) is 0 Å². The summed E-state index contributed by atoms with van der Waals surface area (Å²) < 4.78 is 25.1. The minimum absolute atomic E-state index is 0.0754. The number of fused-ring (bicyclic) bond motifs is 2. The van der Waals surface area contributed by atoms with E-state index in [0.717, 1.165) is 30.4 Å². The van der Waals surface area contributed by atoms with Crippen molar-refractivity contribution in [1.82, 2.24) is 4.90 Å². The van der Waals surface area contributed by atoms with E-state index in [1.54, 1.807) is 25.2 Å². The van der Waals surface area contributed by atoms with Gasteiger partial charge in [0.2, 0.25) is 0 Å². The van der Waals surface area contributed by atoms with Crippen LogP contribution in [0.2, 0.25) is 0 Å². The summed E-state index contributed by atoms with van der Waals surface area (Å²) in [7, 11) is 3.19. The summed E-state index contributed by atoms with van der Waals surface area (Å²) in [6, 6.07) is 6.96. The Bertz CT molecular complexity index is 878. The maximum atomic E-state index is 14.1. The SMILES string of the molecule is COc1ccc(F)c2c1CN(C(=O)c1ccc3c(c1OC)CCC3)CC2. The van der Waals surface area contributed by atoms with Gasteiger partial charge in [-0.1, -0.05) is 6.07 Å². The number of amides is 1. The smallest absolute Gasteiger partial charge is 0.257 e. The molecule has 0 spiro atoms. The second-order valence-corrected chi connectivity index (χ2v) is 6.82. The van der Waals surface area contributed by atoms with Crippen molar-refractivity contribution < 1.29 is 18.7 Å².